The molecule has 4 heteroatoms. The highest BCUT2D eigenvalue weighted by molar-refractivity contribution is 5.52. The molecule has 0 saturated carbocycles. The van der Waals surface area contributed by atoms with Gasteiger partial charge in [-0.2, -0.15) is 4.80 Å². The smallest absolute Gasteiger partial charge is 0.161 e. The summed E-state index contributed by atoms with van der Waals surface area (Å²) in [6, 6.07) is 10.3. The van der Waals surface area contributed by atoms with Crippen LogP contribution in [-0.2, 0) is 0 Å². The van der Waals surface area contributed by atoms with Crippen LogP contribution < -0.4 is 0 Å². The minimum absolute atomic E-state index is 0.321. The van der Waals surface area contributed by atoms with Gasteiger partial charge in [-0.05, 0) is 18.6 Å². The summed E-state index contributed by atoms with van der Waals surface area (Å²) < 4.78 is 0. The lowest BCUT2D eigenvalue weighted by atomic mass is 10.1. The number of aromatic nitrogens is 4. The summed E-state index contributed by atoms with van der Waals surface area (Å²) in [5, 5.41) is 12.8. The van der Waals surface area contributed by atoms with E-state index in [-0.39, 0.29) is 0 Å². The lowest BCUT2D eigenvalue weighted by molar-refractivity contribution is 0.386. The van der Waals surface area contributed by atoms with Gasteiger partial charge in [0.2, 0.25) is 5.82 Å². The van der Waals surface area contributed by atoms with Crippen LogP contribution in [0, 0.1) is 0 Å². The fourth-order valence-corrected chi connectivity index (χ4v) is 2.10. The third-order valence-electron chi connectivity index (χ3n) is 3.33. The van der Waals surface area contributed by atoms with E-state index in [1.54, 1.807) is 4.80 Å². The number of tetrazole rings is 1. The Labute approximate surface area is 114 Å². The number of unbranched alkanes of at least 4 members (excludes halogenated alkanes) is 3. The van der Waals surface area contributed by atoms with Gasteiger partial charge in [0.1, 0.15) is 0 Å². The van der Waals surface area contributed by atoms with Gasteiger partial charge in [-0.3, -0.25) is 0 Å². The summed E-state index contributed by atoms with van der Waals surface area (Å²) in [5.41, 5.74) is 1.02. The van der Waals surface area contributed by atoms with Crippen molar-refractivity contribution in [3.8, 4) is 11.4 Å². The molecule has 0 saturated heterocycles. The molecule has 0 bridgehead atoms. The number of benzene rings is 1. The molecule has 102 valence electrons. The van der Waals surface area contributed by atoms with Crippen LogP contribution in [-0.4, -0.2) is 20.2 Å². The average Bonchev–Trinajstić information content (AvgIpc) is 2.94. The Balaban J connectivity index is 1.93. The zero-order chi connectivity index (χ0) is 13.5. The first kappa shape index (κ1) is 13.7. The summed E-state index contributed by atoms with van der Waals surface area (Å²) in [5.74, 6) is 0.709. The first-order valence-electron chi connectivity index (χ1n) is 7.16. The summed E-state index contributed by atoms with van der Waals surface area (Å²) in [6.07, 6.45) is 6.23. The quantitative estimate of drug-likeness (QED) is 0.708. The number of rotatable bonds is 7. The van der Waals surface area contributed by atoms with Crippen molar-refractivity contribution in [2.45, 2.75) is 52.0 Å². The van der Waals surface area contributed by atoms with Gasteiger partial charge in [-0.15, -0.1) is 10.2 Å². The lowest BCUT2D eigenvalue weighted by Gasteiger charge is -2.08. The van der Waals surface area contributed by atoms with E-state index in [0.717, 1.165) is 12.0 Å². The predicted octanol–water partition coefficient (Wildman–Crippen LogP) is 3.87. The topological polar surface area (TPSA) is 43.6 Å². The number of nitrogens with zero attached hydrogens (tertiary/aromatic N) is 4. The Morgan fingerprint density at radius 3 is 2.63 bits per heavy atom. The maximum absolute atomic E-state index is 4.47. The van der Waals surface area contributed by atoms with E-state index >= 15 is 0 Å². The standard InChI is InChI=1S/C15H22N4/c1-3-4-5-7-10-13(2)19-17-15(16-18-19)14-11-8-6-9-12-14/h6,8-9,11-13H,3-5,7,10H2,1-2H3. The predicted molar refractivity (Wildman–Crippen MR) is 76.7 cm³/mol. The van der Waals surface area contributed by atoms with Gasteiger partial charge in [0.05, 0.1) is 6.04 Å². The molecule has 0 aliphatic rings. The Morgan fingerprint density at radius 1 is 1.11 bits per heavy atom. The summed E-state index contributed by atoms with van der Waals surface area (Å²) in [4.78, 5) is 1.74. The fraction of sp³-hybridized carbons (Fsp3) is 0.533. The molecule has 1 atom stereocenters. The zero-order valence-electron chi connectivity index (χ0n) is 11.8. The van der Waals surface area contributed by atoms with Crippen molar-refractivity contribution in [1.82, 2.24) is 20.2 Å². The lowest BCUT2D eigenvalue weighted by Crippen LogP contribution is -2.09. The van der Waals surface area contributed by atoms with Crippen LogP contribution in [0.1, 0.15) is 52.0 Å². The normalized spacial score (nSPS) is 12.5. The van der Waals surface area contributed by atoms with Crippen molar-refractivity contribution in [2.24, 2.45) is 0 Å². The van der Waals surface area contributed by atoms with Gasteiger partial charge in [0.15, 0.2) is 0 Å². The first-order chi connectivity index (χ1) is 9.31. The van der Waals surface area contributed by atoms with Gasteiger partial charge in [-0.1, -0.05) is 62.9 Å². The maximum atomic E-state index is 4.47. The van der Waals surface area contributed by atoms with Crippen molar-refractivity contribution >= 4 is 0 Å². The van der Waals surface area contributed by atoms with E-state index in [9.17, 15) is 0 Å². The molecule has 0 aliphatic heterocycles. The highest BCUT2D eigenvalue weighted by Gasteiger charge is 2.10. The number of hydrogen-bond donors (Lipinski definition) is 0. The molecular formula is C15H22N4. The second-order valence-electron chi connectivity index (χ2n) is 5.00. The van der Waals surface area contributed by atoms with Crippen LogP contribution in [0.3, 0.4) is 0 Å². The van der Waals surface area contributed by atoms with Crippen molar-refractivity contribution in [3.05, 3.63) is 30.3 Å². The van der Waals surface area contributed by atoms with Gasteiger partial charge in [0.25, 0.3) is 0 Å². The minimum atomic E-state index is 0.321. The molecule has 19 heavy (non-hydrogen) atoms. The number of hydrogen-bond acceptors (Lipinski definition) is 3. The van der Waals surface area contributed by atoms with E-state index in [1.807, 2.05) is 30.3 Å². The molecule has 1 heterocycles. The van der Waals surface area contributed by atoms with Crippen LogP contribution in [0.25, 0.3) is 11.4 Å². The Bertz CT molecular complexity index is 478. The summed E-state index contributed by atoms with van der Waals surface area (Å²) in [6.45, 7) is 4.39. The molecule has 1 unspecified atom stereocenters. The van der Waals surface area contributed by atoms with Gasteiger partial charge >= 0.3 is 0 Å². The van der Waals surface area contributed by atoms with E-state index in [0.29, 0.717) is 11.9 Å². The summed E-state index contributed by atoms with van der Waals surface area (Å²) >= 11 is 0. The molecule has 2 aromatic rings. The Hall–Kier alpha value is -1.71. The van der Waals surface area contributed by atoms with Crippen LogP contribution in [0.4, 0.5) is 0 Å². The van der Waals surface area contributed by atoms with Crippen molar-refractivity contribution in [3.63, 3.8) is 0 Å². The average molecular weight is 258 g/mol. The minimum Gasteiger partial charge on any atom is -0.161 e. The zero-order valence-corrected chi connectivity index (χ0v) is 11.8. The van der Waals surface area contributed by atoms with E-state index in [4.69, 9.17) is 0 Å². The second-order valence-corrected chi connectivity index (χ2v) is 5.00. The van der Waals surface area contributed by atoms with Gasteiger partial charge in [-0.25, -0.2) is 0 Å². The molecule has 0 aliphatic carbocycles. The molecule has 1 aromatic heterocycles. The van der Waals surface area contributed by atoms with Gasteiger partial charge in [0, 0.05) is 5.56 Å². The Kier molecular flexibility index (Phi) is 5.07. The van der Waals surface area contributed by atoms with E-state index in [2.05, 4.69) is 29.3 Å². The highest BCUT2D eigenvalue weighted by atomic mass is 15.6. The highest BCUT2D eigenvalue weighted by Crippen LogP contribution is 2.16. The SMILES string of the molecule is CCCCCCC(C)n1nnc(-c2ccccc2)n1. The van der Waals surface area contributed by atoms with Crippen LogP contribution in [0.15, 0.2) is 30.3 Å². The molecule has 0 fully saturated rings. The van der Waals surface area contributed by atoms with Crippen LogP contribution in [0.5, 0.6) is 0 Å². The molecular weight excluding hydrogens is 236 g/mol. The molecule has 0 amide bonds. The Morgan fingerprint density at radius 2 is 1.89 bits per heavy atom. The molecule has 0 spiro atoms. The van der Waals surface area contributed by atoms with Gasteiger partial charge < -0.3 is 0 Å². The largest absolute Gasteiger partial charge is 0.204 e. The first-order valence-corrected chi connectivity index (χ1v) is 7.16. The molecule has 0 radical (unpaired) electrons. The van der Waals surface area contributed by atoms with Crippen molar-refractivity contribution in [2.75, 3.05) is 0 Å². The van der Waals surface area contributed by atoms with Crippen LogP contribution in [0.2, 0.25) is 0 Å². The van der Waals surface area contributed by atoms with Crippen molar-refractivity contribution < 1.29 is 0 Å². The molecule has 0 N–H and O–H groups in total. The molecule has 2 rings (SSSR count). The fourth-order valence-electron chi connectivity index (χ4n) is 2.10. The van der Waals surface area contributed by atoms with Crippen molar-refractivity contribution in [1.29, 1.82) is 0 Å². The molecule has 1 aromatic carbocycles. The summed E-state index contributed by atoms with van der Waals surface area (Å²) in [7, 11) is 0. The third-order valence-corrected chi connectivity index (χ3v) is 3.33. The monoisotopic (exact) mass is 258 g/mol. The second kappa shape index (κ2) is 7.02. The van der Waals surface area contributed by atoms with Crippen LogP contribution >= 0.6 is 0 Å². The van der Waals surface area contributed by atoms with E-state index < -0.39 is 0 Å². The van der Waals surface area contributed by atoms with E-state index in [1.165, 1.54) is 25.7 Å². The molecule has 4 nitrogen and oxygen atoms in total. The maximum Gasteiger partial charge on any atom is 0.204 e. The third kappa shape index (κ3) is 3.88.